The number of rotatable bonds is 3. The van der Waals surface area contributed by atoms with E-state index in [-0.39, 0.29) is 16.5 Å². The number of para-hydroxylation sites is 2. The number of hydrogen-bond donors (Lipinski definition) is 0. The van der Waals surface area contributed by atoms with E-state index in [2.05, 4.69) is 0 Å². The van der Waals surface area contributed by atoms with E-state index in [1.165, 1.54) is 6.07 Å². The molecule has 4 rings (SSSR count). The van der Waals surface area contributed by atoms with Gasteiger partial charge in [0.1, 0.15) is 18.9 Å². The van der Waals surface area contributed by atoms with E-state index in [0.717, 1.165) is 0 Å². The largest absolute Gasteiger partial charge is 0.486 e. The summed E-state index contributed by atoms with van der Waals surface area (Å²) in [5.74, 6) is 1.17. The van der Waals surface area contributed by atoms with Crippen LogP contribution in [0.25, 0.3) is 0 Å². The summed E-state index contributed by atoms with van der Waals surface area (Å²) in [7, 11) is 0. The molecule has 8 nitrogen and oxygen atoms in total. The third kappa shape index (κ3) is 3.38. The molecular formula is C19H19N3O5. The molecule has 0 aliphatic carbocycles. The van der Waals surface area contributed by atoms with Crippen LogP contribution in [0, 0.1) is 10.1 Å². The third-order valence-corrected chi connectivity index (χ3v) is 4.78. The first-order chi connectivity index (χ1) is 13.1. The normalized spacial score (nSPS) is 16.1. The highest BCUT2D eigenvalue weighted by atomic mass is 16.6. The van der Waals surface area contributed by atoms with E-state index in [4.69, 9.17) is 9.47 Å². The maximum Gasteiger partial charge on any atom is 0.292 e. The summed E-state index contributed by atoms with van der Waals surface area (Å²) in [5.41, 5.74) is 1.23. The quantitative estimate of drug-likeness (QED) is 0.610. The van der Waals surface area contributed by atoms with Gasteiger partial charge in [0.2, 0.25) is 0 Å². The number of carbonyl (C=O) groups is 1. The lowest BCUT2D eigenvalue weighted by atomic mass is 10.1. The highest BCUT2D eigenvalue weighted by Gasteiger charge is 2.26. The fraction of sp³-hybridized carbons (Fsp3) is 0.316. The van der Waals surface area contributed by atoms with Crippen molar-refractivity contribution in [1.29, 1.82) is 0 Å². The molecule has 0 spiro atoms. The SMILES string of the molecule is O=C(c1ccc2c(c1)OCCO2)N1CCN(c2ccccc2[N+](=O)[O-])CC1. The number of carbonyl (C=O) groups excluding carboxylic acids is 1. The highest BCUT2D eigenvalue weighted by Crippen LogP contribution is 2.32. The minimum Gasteiger partial charge on any atom is -0.486 e. The lowest BCUT2D eigenvalue weighted by Crippen LogP contribution is -2.49. The lowest BCUT2D eigenvalue weighted by molar-refractivity contribution is -0.384. The standard InChI is InChI=1S/C19H19N3O5/c23-19(14-5-6-17-18(13-14)27-12-11-26-17)21-9-7-20(8-10-21)15-3-1-2-4-16(15)22(24)25/h1-6,13H,7-12H2. The van der Waals surface area contributed by atoms with Crippen LogP contribution in [-0.2, 0) is 0 Å². The van der Waals surface area contributed by atoms with Crippen LogP contribution < -0.4 is 14.4 Å². The maximum atomic E-state index is 12.8. The zero-order chi connectivity index (χ0) is 18.8. The van der Waals surface area contributed by atoms with Gasteiger partial charge in [-0.15, -0.1) is 0 Å². The number of hydrogen-bond acceptors (Lipinski definition) is 6. The number of piperazine rings is 1. The van der Waals surface area contributed by atoms with Crippen molar-refractivity contribution in [3.63, 3.8) is 0 Å². The average molecular weight is 369 g/mol. The zero-order valence-electron chi connectivity index (χ0n) is 14.7. The summed E-state index contributed by atoms with van der Waals surface area (Å²) in [5, 5.41) is 11.2. The molecule has 0 saturated carbocycles. The average Bonchev–Trinajstić information content (AvgIpc) is 2.73. The molecule has 27 heavy (non-hydrogen) atoms. The van der Waals surface area contributed by atoms with E-state index >= 15 is 0 Å². The first-order valence-corrected chi connectivity index (χ1v) is 8.81. The van der Waals surface area contributed by atoms with Crippen molar-refractivity contribution in [3.8, 4) is 11.5 Å². The van der Waals surface area contributed by atoms with Crippen LogP contribution >= 0.6 is 0 Å². The topological polar surface area (TPSA) is 85.2 Å². The number of nitro groups is 1. The van der Waals surface area contributed by atoms with Crippen molar-refractivity contribution in [2.45, 2.75) is 0 Å². The summed E-state index contributed by atoms with van der Waals surface area (Å²) in [6, 6.07) is 11.9. The van der Waals surface area contributed by atoms with Gasteiger partial charge in [0, 0.05) is 37.8 Å². The molecule has 1 saturated heterocycles. The van der Waals surface area contributed by atoms with Crippen molar-refractivity contribution in [1.82, 2.24) is 4.90 Å². The summed E-state index contributed by atoms with van der Waals surface area (Å²) in [6.07, 6.45) is 0. The molecule has 0 atom stereocenters. The van der Waals surface area contributed by atoms with E-state index < -0.39 is 0 Å². The molecule has 2 aliphatic heterocycles. The first-order valence-electron chi connectivity index (χ1n) is 8.81. The van der Waals surface area contributed by atoms with Gasteiger partial charge in [-0.25, -0.2) is 0 Å². The number of nitro benzene ring substituents is 1. The molecule has 0 N–H and O–H groups in total. The Labute approximate surface area is 156 Å². The van der Waals surface area contributed by atoms with Crippen LogP contribution in [-0.4, -0.2) is 55.1 Å². The maximum absolute atomic E-state index is 12.8. The van der Waals surface area contributed by atoms with E-state index in [9.17, 15) is 14.9 Å². The second-order valence-electron chi connectivity index (χ2n) is 6.38. The Morgan fingerprint density at radius 1 is 0.963 bits per heavy atom. The predicted octanol–water partition coefficient (Wildman–Crippen LogP) is 2.33. The van der Waals surface area contributed by atoms with Gasteiger partial charge in [0.25, 0.3) is 11.6 Å². The molecule has 0 bridgehead atoms. The Morgan fingerprint density at radius 2 is 1.67 bits per heavy atom. The molecule has 2 aromatic rings. The van der Waals surface area contributed by atoms with Crippen molar-refractivity contribution in [2.75, 3.05) is 44.3 Å². The van der Waals surface area contributed by atoms with Crippen molar-refractivity contribution >= 4 is 17.3 Å². The summed E-state index contributed by atoms with van der Waals surface area (Å²) >= 11 is 0. The molecule has 2 heterocycles. The molecule has 2 aromatic carbocycles. The van der Waals surface area contributed by atoms with Gasteiger partial charge < -0.3 is 19.3 Å². The van der Waals surface area contributed by atoms with Gasteiger partial charge in [-0.05, 0) is 24.3 Å². The van der Waals surface area contributed by atoms with E-state index in [0.29, 0.717) is 62.1 Å². The smallest absolute Gasteiger partial charge is 0.292 e. The monoisotopic (exact) mass is 369 g/mol. The summed E-state index contributed by atoms with van der Waals surface area (Å²) in [6.45, 7) is 3.06. The molecule has 2 aliphatic rings. The van der Waals surface area contributed by atoms with Gasteiger partial charge in [0.15, 0.2) is 11.5 Å². The second-order valence-corrected chi connectivity index (χ2v) is 6.38. The Hall–Kier alpha value is -3.29. The molecular weight excluding hydrogens is 350 g/mol. The van der Waals surface area contributed by atoms with Crippen LogP contribution in [0.1, 0.15) is 10.4 Å². The Kier molecular flexibility index (Phi) is 4.53. The van der Waals surface area contributed by atoms with Gasteiger partial charge in [-0.3, -0.25) is 14.9 Å². The molecule has 1 amide bonds. The van der Waals surface area contributed by atoms with Crippen LogP contribution in [0.2, 0.25) is 0 Å². The second kappa shape index (κ2) is 7.14. The Balaban J connectivity index is 1.45. The van der Waals surface area contributed by atoms with Gasteiger partial charge in [-0.1, -0.05) is 12.1 Å². The number of anilines is 1. The van der Waals surface area contributed by atoms with Crippen LogP contribution in [0.3, 0.4) is 0 Å². The highest BCUT2D eigenvalue weighted by molar-refractivity contribution is 5.95. The molecule has 1 fully saturated rings. The van der Waals surface area contributed by atoms with Gasteiger partial charge in [-0.2, -0.15) is 0 Å². The van der Waals surface area contributed by atoms with Crippen LogP contribution in [0.15, 0.2) is 42.5 Å². The van der Waals surface area contributed by atoms with Crippen molar-refractivity contribution in [3.05, 3.63) is 58.1 Å². The zero-order valence-corrected chi connectivity index (χ0v) is 14.7. The minimum absolute atomic E-state index is 0.0748. The van der Waals surface area contributed by atoms with Crippen molar-refractivity contribution < 1.29 is 19.2 Å². The molecule has 0 unspecified atom stereocenters. The van der Waals surface area contributed by atoms with E-state index in [1.54, 1.807) is 41.3 Å². The number of ether oxygens (including phenoxy) is 2. The van der Waals surface area contributed by atoms with E-state index in [1.807, 2.05) is 4.90 Å². The molecule has 0 aromatic heterocycles. The first kappa shape index (κ1) is 17.1. The van der Waals surface area contributed by atoms with Crippen molar-refractivity contribution in [2.24, 2.45) is 0 Å². The molecule has 0 radical (unpaired) electrons. The minimum atomic E-state index is -0.373. The number of fused-ring (bicyclic) bond motifs is 1. The number of amides is 1. The lowest BCUT2D eigenvalue weighted by Gasteiger charge is -2.36. The Morgan fingerprint density at radius 3 is 2.41 bits per heavy atom. The number of nitrogens with zero attached hydrogens (tertiary/aromatic N) is 3. The fourth-order valence-corrected chi connectivity index (χ4v) is 3.40. The Bertz CT molecular complexity index is 877. The number of benzene rings is 2. The predicted molar refractivity (Wildman–Crippen MR) is 98.6 cm³/mol. The van der Waals surface area contributed by atoms with Crippen LogP contribution in [0.5, 0.6) is 11.5 Å². The molecule has 140 valence electrons. The fourth-order valence-electron chi connectivity index (χ4n) is 3.40. The van der Waals surface area contributed by atoms with Crippen LogP contribution in [0.4, 0.5) is 11.4 Å². The van der Waals surface area contributed by atoms with Gasteiger partial charge in [0.05, 0.1) is 4.92 Å². The summed E-state index contributed by atoms with van der Waals surface area (Å²) in [4.78, 5) is 27.4. The third-order valence-electron chi connectivity index (χ3n) is 4.78. The van der Waals surface area contributed by atoms with Gasteiger partial charge >= 0.3 is 0 Å². The molecule has 8 heteroatoms. The summed E-state index contributed by atoms with van der Waals surface area (Å²) < 4.78 is 11.0.